The number of halogens is 1. The molecule has 2 heterocycles. The normalized spacial score (nSPS) is 16.0. The lowest BCUT2D eigenvalue weighted by molar-refractivity contribution is -0.384. The summed E-state index contributed by atoms with van der Waals surface area (Å²) in [7, 11) is 0. The third-order valence-electron chi connectivity index (χ3n) is 4.65. The molecule has 10 heteroatoms. The Hall–Kier alpha value is -3.46. The smallest absolute Gasteiger partial charge is 0.322 e. The van der Waals surface area contributed by atoms with E-state index in [1.165, 1.54) is 24.3 Å². The largest absolute Gasteiger partial charge is 0.337 e. The van der Waals surface area contributed by atoms with Gasteiger partial charge in [0.1, 0.15) is 6.04 Å². The molecule has 3 aromatic rings. The van der Waals surface area contributed by atoms with Gasteiger partial charge in [0.15, 0.2) is 0 Å². The molecule has 4 rings (SSSR count). The van der Waals surface area contributed by atoms with Crippen molar-refractivity contribution in [3.63, 3.8) is 0 Å². The number of nitrogens with zero attached hydrogens (tertiary/aromatic N) is 4. The van der Waals surface area contributed by atoms with Crippen molar-refractivity contribution >= 4 is 29.0 Å². The maximum Gasteiger partial charge on any atom is 0.322 e. The molecule has 2 aromatic carbocycles. The van der Waals surface area contributed by atoms with Crippen LogP contribution in [0.2, 0.25) is 5.02 Å². The van der Waals surface area contributed by atoms with Crippen molar-refractivity contribution in [3.8, 4) is 11.4 Å². The number of likely N-dealkylation sites (tertiary alicyclic amines) is 1. The fourth-order valence-corrected chi connectivity index (χ4v) is 3.43. The minimum Gasteiger partial charge on any atom is -0.337 e. The number of carbonyl (C=O) groups is 1. The number of urea groups is 1. The Bertz CT molecular complexity index is 1050. The molecule has 29 heavy (non-hydrogen) atoms. The van der Waals surface area contributed by atoms with Crippen molar-refractivity contribution in [2.45, 2.75) is 18.9 Å². The van der Waals surface area contributed by atoms with E-state index in [9.17, 15) is 14.9 Å². The van der Waals surface area contributed by atoms with Crippen LogP contribution in [-0.2, 0) is 0 Å². The van der Waals surface area contributed by atoms with E-state index >= 15 is 0 Å². The molecule has 1 N–H and O–H groups in total. The summed E-state index contributed by atoms with van der Waals surface area (Å²) in [6.45, 7) is 0.540. The monoisotopic (exact) mass is 413 g/mol. The summed E-state index contributed by atoms with van der Waals surface area (Å²) in [5.41, 5.74) is 1.16. The number of rotatable bonds is 4. The first kappa shape index (κ1) is 18.9. The van der Waals surface area contributed by atoms with Crippen LogP contribution in [0.4, 0.5) is 16.2 Å². The van der Waals surface area contributed by atoms with Crippen LogP contribution in [0.25, 0.3) is 11.4 Å². The minimum atomic E-state index is -0.491. The second kappa shape index (κ2) is 7.88. The Kier molecular flexibility index (Phi) is 5.13. The van der Waals surface area contributed by atoms with E-state index in [-0.39, 0.29) is 17.8 Å². The molecule has 0 bridgehead atoms. The molecule has 148 valence electrons. The van der Waals surface area contributed by atoms with E-state index in [0.29, 0.717) is 35.4 Å². The minimum absolute atomic E-state index is 0.0403. The number of nitro groups is 1. The lowest BCUT2D eigenvalue weighted by atomic mass is 10.2. The number of non-ortho nitro benzene ring substituents is 1. The van der Waals surface area contributed by atoms with Gasteiger partial charge >= 0.3 is 6.03 Å². The van der Waals surface area contributed by atoms with Crippen LogP contribution in [0.5, 0.6) is 0 Å². The van der Waals surface area contributed by atoms with Crippen molar-refractivity contribution in [2.75, 3.05) is 11.9 Å². The average Bonchev–Trinajstić information content (AvgIpc) is 3.38. The van der Waals surface area contributed by atoms with Crippen LogP contribution in [-0.4, -0.2) is 32.5 Å². The molecule has 0 radical (unpaired) electrons. The number of hydrogen-bond donors (Lipinski definition) is 1. The summed E-state index contributed by atoms with van der Waals surface area (Å²) in [5, 5.41) is 18.1. The molecule has 2 amide bonds. The van der Waals surface area contributed by atoms with Gasteiger partial charge in [-0.1, -0.05) is 28.9 Å². The van der Waals surface area contributed by atoms with Crippen LogP contribution in [0.1, 0.15) is 24.8 Å². The first-order valence-electron chi connectivity index (χ1n) is 8.93. The van der Waals surface area contributed by atoms with Crippen LogP contribution in [0, 0.1) is 10.1 Å². The fraction of sp³-hybridized carbons (Fsp3) is 0.211. The van der Waals surface area contributed by atoms with Crippen molar-refractivity contribution in [1.82, 2.24) is 15.0 Å². The predicted molar refractivity (Wildman–Crippen MR) is 106 cm³/mol. The van der Waals surface area contributed by atoms with Crippen molar-refractivity contribution < 1.29 is 14.2 Å². The Morgan fingerprint density at radius 1 is 1.28 bits per heavy atom. The van der Waals surface area contributed by atoms with E-state index in [1.807, 2.05) is 6.07 Å². The predicted octanol–water partition coefficient (Wildman–Crippen LogP) is 4.67. The van der Waals surface area contributed by atoms with E-state index in [2.05, 4.69) is 15.5 Å². The molecule has 1 atom stereocenters. The summed E-state index contributed by atoms with van der Waals surface area (Å²) >= 11 is 6.01. The van der Waals surface area contributed by atoms with Gasteiger partial charge < -0.3 is 14.7 Å². The maximum absolute atomic E-state index is 12.7. The van der Waals surface area contributed by atoms with Crippen LogP contribution >= 0.6 is 11.6 Å². The Labute approximate surface area is 170 Å². The van der Waals surface area contributed by atoms with E-state index in [4.69, 9.17) is 16.1 Å². The zero-order valence-electron chi connectivity index (χ0n) is 15.1. The van der Waals surface area contributed by atoms with Gasteiger partial charge in [-0.05, 0) is 37.1 Å². The van der Waals surface area contributed by atoms with Crippen LogP contribution < -0.4 is 5.32 Å². The molecular formula is C19H16ClN5O4. The van der Waals surface area contributed by atoms with Gasteiger partial charge in [0.25, 0.3) is 5.69 Å². The molecule has 1 saturated heterocycles. The van der Waals surface area contributed by atoms with Gasteiger partial charge in [-0.25, -0.2) is 4.79 Å². The zero-order valence-corrected chi connectivity index (χ0v) is 15.9. The van der Waals surface area contributed by atoms with Crippen molar-refractivity contribution in [1.29, 1.82) is 0 Å². The highest BCUT2D eigenvalue weighted by molar-refractivity contribution is 6.30. The van der Waals surface area contributed by atoms with Gasteiger partial charge in [0.05, 0.1) is 4.92 Å². The third kappa shape index (κ3) is 4.04. The lowest BCUT2D eigenvalue weighted by Crippen LogP contribution is -2.34. The molecule has 0 aliphatic carbocycles. The zero-order chi connectivity index (χ0) is 20.4. The molecule has 9 nitrogen and oxygen atoms in total. The number of hydrogen-bond acceptors (Lipinski definition) is 6. The van der Waals surface area contributed by atoms with Gasteiger partial charge in [-0.15, -0.1) is 0 Å². The summed E-state index contributed by atoms with van der Waals surface area (Å²) in [6, 6.07) is 12.1. The molecule has 1 aliphatic heterocycles. The fourth-order valence-electron chi connectivity index (χ4n) is 3.24. The highest BCUT2D eigenvalue weighted by Gasteiger charge is 2.34. The van der Waals surface area contributed by atoms with Crippen LogP contribution in [0.3, 0.4) is 0 Å². The summed E-state index contributed by atoms with van der Waals surface area (Å²) in [6.07, 6.45) is 1.50. The number of nitro benzene ring substituents is 1. The topological polar surface area (TPSA) is 114 Å². The van der Waals surface area contributed by atoms with Crippen molar-refractivity contribution in [2.24, 2.45) is 0 Å². The van der Waals surface area contributed by atoms with Gasteiger partial charge in [-0.3, -0.25) is 10.1 Å². The maximum atomic E-state index is 12.7. The molecular weight excluding hydrogens is 398 g/mol. The quantitative estimate of drug-likeness (QED) is 0.491. The number of anilines is 1. The van der Waals surface area contributed by atoms with Gasteiger partial charge in [0, 0.05) is 35.0 Å². The highest BCUT2D eigenvalue weighted by atomic mass is 35.5. The number of carbonyl (C=O) groups excluding carboxylic acids is 1. The number of benzene rings is 2. The Morgan fingerprint density at radius 2 is 2.07 bits per heavy atom. The molecule has 0 spiro atoms. The molecule has 0 saturated carbocycles. The first-order chi connectivity index (χ1) is 14.0. The summed E-state index contributed by atoms with van der Waals surface area (Å²) < 4.78 is 5.41. The van der Waals surface area contributed by atoms with E-state index in [1.54, 1.807) is 23.1 Å². The van der Waals surface area contributed by atoms with E-state index < -0.39 is 4.92 Å². The summed E-state index contributed by atoms with van der Waals surface area (Å²) in [5.74, 6) is 0.765. The number of amides is 2. The highest BCUT2D eigenvalue weighted by Crippen LogP contribution is 2.33. The summed E-state index contributed by atoms with van der Waals surface area (Å²) in [4.78, 5) is 29.0. The lowest BCUT2D eigenvalue weighted by Gasteiger charge is -2.22. The Morgan fingerprint density at radius 3 is 2.79 bits per heavy atom. The Balaban J connectivity index is 1.49. The SMILES string of the molecule is O=C(Nc1ccc([N+](=O)[O-])cc1)N1CCCC1c1nc(-c2cccc(Cl)c2)no1. The molecule has 1 fully saturated rings. The average molecular weight is 414 g/mol. The van der Waals surface area contributed by atoms with Gasteiger partial charge in [-0.2, -0.15) is 4.98 Å². The standard InChI is InChI=1S/C19H16ClN5O4/c20-13-4-1-3-12(11-13)17-22-18(29-23-17)16-5-2-10-24(16)19(26)21-14-6-8-15(9-7-14)25(27)28/h1,3-4,6-9,11,16H,2,5,10H2,(H,21,26). The molecule has 1 aliphatic rings. The van der Waals surface area contributed by atoms with Crippen molar-refractivity contribution in [3.05, 3.63) is 69.6 Å². The molecule has 1 unspecified atom stereocenters. The van der Waals surface area contributed by atoms with Crippen LogP contribution in [0.15, 0.2) is 53.1 Å². The number of nitrogens with one attached hydrogen (secondary N) is 1. The molecule has 1 aromatic heterocycles. The number of aromatic nitrogens is 2. The van der Waals surface area contributed by atoms with Gasteiger partial charge in [0.2, 0.25) is 11.7 Å². The second-order valence-electron chi connectivity index (χ2n) is 6.55. The van der Waals surface area contributed by atoms with E-state index in [0.717, 1.165) is 12.0 Å². The third-order valence-corrected chi connectivity index (χ3v) is 4.89. The first-order valence-corrected chi connectivity index (χ1v) is 9.31. The second-order valence-corrected chi connectivity index (χ2v) is 6.99.